The Hall–Kier alpha value is -1.13. The molecule has 0 amide bonds. The average Bonchev–Trinajstić information content (AvgIpc) is 2.47. The first-order chi connectivity index (χ1) is 9.48. The van der Waals surface area contributed by atoms with E-state index in [-0.39, 0.29) is 17.3 Å². The second kappa shape index (κ2) is 7.23. The number of nitrogens with zero attached hydrogens (tertiary/aromatic N) is 2. The highest BCUT2D eigenvalue weighted by Crippen LogP contribution is 2.24. The van der Waals surface area contributed by atoms with E-state index in [1.54, 1.807) is 19.1 Å². The molecule has 1 aromatic carbocycles. The second-order valence-corrected chi connectivity index (χ2v) is 7.11. The van der Waals surface area contributed by atoms with E-state index in [4.69, 9.17) is 11.0 Å². The average molecular weight is 330 g/mol. The molecular weight excluding hydrogens is 310 g/mol. The minimum Gasteiger partial charge on any atom is -0.330 e. The molecule has 1 aromatic rings. The zero-order chi connectivity index (χ0) is 14.8. The lowest BCUT2D eigenvalue weighted by Gasteiger charge is -2.30. The number of hydrogen-bond donors (Lipinski definition) is 1. The molecule has 1 aliphatic heterocycles. The smallest absolute Gasteiger partial charge is 0.243 e. The summed E-state index contributed by atoms with van der Waals surface area (Å²) in [6.07, 6.45) is 1.62. The van der Waals surface area contributed by atoms with Gasteiger partial charge in [0.2, 0.25) is 10.0 Å². The van der Waals surface area contributed by atoms with Crippen molar-refractivity contribution in [3.8, 4) is 6.07 Å². The molecule has 5 nitrogen and oxygen atoms in total. The van der Waals surface area contributed by atoms with Crippen LogP contribution in [0.2, 0.25) is 0 Å². The van der Waals surface area contributed by atoms with Crippen LogP contribution in [-0.4, -0.2) is 32.4 Å². The Morgan fingerprint density at radius 1 is 1.38 bits per heavy atom. The number of piperidine rings is 1. The molecular formula is C14H20ClN3O2S. The summed E-state index contributed by atoms with van der Waals surface area (Å²) < 4.78 is 26.6. The highest BCUT2D eigenvalue weighted by molar-refractivity contribution is 7.89. The van der Waals surface area contributed by atoms with E-state index in [1.807, 2.05) is 6.07 Å². The maximum absolute atomic E-state index is 12.5. The van der Waals surface area contributed by atoms with Crippen molar-refractivity contribution in [1.82, 2.24) is 4.31 Å². The van der Waals surface area contributed by atoms with Gasteiger partial charge in [-0.2, -0.15) is 9.57 Å². The van der Waals surface area contributed by atoms with Crippen molar-refractivity contribution in [2.24, 2.45) is 11.7 Å². The third-order valence-corrected chi connectivity index (χ3v) is 5.76. The molecule has 1 aliphatic rings. The molecule has 2 rings (SSSR count). The van der Waals surface area contributed by atoms with E-state index in [1.165, 1.54) is 10.4 Å². The van der Waals surface area contributed by atoms with E-state index >= 15 is 0 Å². The first-order valence-electron chi connectivity index (χ1n) is 6.70. The van der Waals surface area contributed by atoms with Gasteiger partial charge in [-0.1, -0.05) is 0 Å². The SMILES string of the molecule is Cc1cc(S(=O)(=O)N2CCC(CN)CC2)ccc1C#N.Cl. The molecule has 21 heavy (non-hydrogen) atoms. The largest absolute Gasteiger partial charge is 0.330 e. The lowest BCUT2D eigenvalue weighted by molar-refractivity contribution is 0.278. The van der Waals surface area contributed by atoms with Crippen LogP contribution in [0, 0.1) is 24.2 Å². The van der Waals surface area contributed by atoms with Crippen LogP contribution in [0.15, 0.2) is 23.1 Å². The highest BCUT2D eigenvalue weighted by atomic mass is 35.5. The maximum Gasteiger partial charge on any atom is 0.243 e. The van der Waals surface area contributed by atoms with Gasteiger partial charge < -0.3 is 5.73 Å². The van der Waals surface area contributed by atoms with Crippen molar-refractivity contribution in [1.29, 1.82) is 5.26 Å². The lowest BCUT2D eigenvalue weighted by atomic mass is 9.99. The number of nitrogens with two attached hydrogens (primary N) is 1. The number of halogens is 1. The molecule has 0 radical (unpaired) electrons. The van der Waals surface area contributed by atoms with Crippen molar-refractivity contribution in [2.75, 3.05) is 19.6 Å². The maximum atomic E-state index is 12.5. The number of aryl methyl sites for hydroxylation is 1. The quantitative estimate of drug-likeness (QED) is 0.913. The van der Waals surface area contributed by atoms with Crippen LogP contribution < -0.4 is 5.73 Å². The standard InChI is InChI=1S/C14H19N3O2S.ClH/c1-11-8-14(3-2-13(11)10-16)20(18,19)17-6-4-12(9-15)5-7-17;/h2-3,8,12H,4-7,9,15H2,1H3;1H. The predicted octanol–water partition coefficient (Wildman–Crippen LogP) is 1.65. The molecule has 1 heterocycles. The number of hydrogen-bond acceptors (Lipinski definition) is 4. The minimum absolute atomic E-state index is 0. The van der Waals surface area contributed by atoms with Crippen LogP contribution in [0.1, 0.15) is 24.0 Å². The summed E-state index contributed by atoms with van der Waals surface area (Å²) in [6.45, 7) is 3.40. The van der Waals surface area contributed by atoms with Crippen molar-refractivity contribution in [3.05, 3.63) is 29.3 Å². The first-order valence-corrected chi connectivity index (χ1v) is 8.14. The number of rotatable bonds is 3. The van der Waals surface area contributed by atoms with E-state index in [0.717, 1.165) is 12.8 Å². The fraction of sp³-hybridized carbons (Fsp3) is 0.500. The van der Waals surface area contributed by atoms with Crippen LogP contribution in [0.5, 0.6) is 0 Å². The van der Waals surface area contributed by atoms with Crippen molar-refractivity contribution in [2.45, 2.75) is 24.7 Å². The van der Waals surface area contributed by atoms with Gasteiger partial charge in [-0.25, -0.2) is 8.42 Å². The number of benzene rings is 1. The van der Waals surface area contributed by atoms with Crippen LogP contribution in [0.4, 0.5) is 0 Å². The summed E-state index contributed by atoms with van der Waals surface area (Å²) >= 11 is 0. The zero-order valence-corrected chi connectivity index (χ0v) is 13.6. The lowest BCUT2D eigenvalue weighted by Crippen LogP contribution is -2.40. The summed E-state index contributed by atoms with van der Waals surface area (Å²) in [4.78, 5) is 0.264. The topological polar surface area (TPSA) is 87.2 Å². The second-order valence-electron chi connectivity index (χ2n) is 5.17. The summed E-state index contributed by atoms with van der Waals surface area (Å²) in [5.41, 5.74) is 6.81. The highest BCUT2D eigenvalue weighted by Gasteiger charge is 2.29. The van der Waals surface area contributed by atoms with Gasteiger partial charge in [-0.05, 0) is 56.0 Å². The Kier molecular flexibility index (Phi) is 6.17. The molecule has 116 valence electrons. The van der Waals surface area contributed by atoms with Crippen molar-refractivity contribution >= 4 is 22.4 Å². The van der Waals surface area contributed by atoms with Gasteiger partial charge in [-0.15, -0.1) is 12.4 Å². The summed E-state index contributed by atoms with van der Waals surface area (Å²) in [5.74, 6) is 0.421. The van der Waals surface area contributed by atoms with Crippen LogP contribution in [-0.2, 0) is 10.0 Å². The van der Waals surface area contributed by atoms with Gasteiger partial charge in [-0.3, -0.25) is 0 Å². The van der Waals surface area contributed by atoms with E-state index in [9.17, 15) is 8.42 Å². The van der Waals surface area contributed by atoms with Crippen molar-refractivity contribution < 1.29 is 8.42 Å². The molecule has 7 heteroatoms. The van der Waals surface area contributed by atoms with Crippen LogP contribution in [0.3, 0.4) is 0 Å². The number of sulfonamides is 1. The van der Waals surface area contributed by atoms with Crippen LogP contribution in [0.25, 0.3) is 0 Å². The van der Waals surface area contributed by atoms with Crippen LogP contribution >= 0.6 is 12.4 Å². The first kappa shape index (κ1) is 17.9. The van der Waals surface area contributed by atoms with E-state index < -0.39 is 10.0 Å². The third kappa shape index (κ3) is 3.74. The molecule has 0 atom stereocenters. The summed E-state index contributed by atoms with van der Waals surface area (Å²) in [6, 6.07) is 6.69. The van der Waals surface area contributed by atoms with Gasteiger partial charge in [0.05, 0.1) is 16.5 Å². The predicted molar refractivity (Wildman–Crippen MR) is 83.7 cm³/mol. The molecule has 0 unspecified atom stereocenters. The van der Waals surface area contributed by atoms with Gasteiger partial charge in [0.25, 0.3) is 0 Å². The molecule has 0 aromatic heterocycles. The number of nitriles is 1. The Labute approximate surface area is 132 Å². The summed E-state index contributed by atoms with van der Waals surface area (Å²) in [5, 5.41) is 8.90. The Morgan fingerprint density at radius 2 is 2.00 bits per heavy atom. The Balaban J connectivity index is 0.00000220. The molecule has 0 spiro atoms. The molecule has 0 saturated carbocycles. The fourth-order valence-electron chi connectivity index (χ4n) is 2.46. The minimum atomic E-state index is -3.46. The van der Waals surface area contributed by atoms with E-state index in [2.05, 4.69) is 0 Å². The van der Waals surface area contributed by atoms with Gasteiger partial charge in [0.1, 0.15) is 0 Å². The van der Waals surface area contributed by atoms with Crippen molar-refractivity contribution in [3.63, 3.8) is 0 Å². The molecule has 1 saturated heterocycles. The Morgan fingerprint density at radius 3 is 2.48 bits per heavy atom. The van der Waals surface area contributed by atoms with Gasteiger partial charge in [0.15, 0.2) is 0 Å². The van der Waals surface area contributed by atoms with Gasteiger partial charge >= 0.3 is 0 Å². The Bertz CT molecular complexity index is 632. The van der Waals surface area contributed by atoms with Gasteiger partial charge in [0, 0.05) is 13.1 Å². The summed E-state index contributed by atoms with van der Waals surface area (Å²) in [7, 11) is -3.46. The fourth-order valence-corrected chi connectivity index (χ4v) is 4.01. The normalized spacial score (nSPS) is 17.0. The molecule has 1 fully saturated rings. The zero-order valence-electron chi connectivity index (χ0n) is 11.9. The van der Waals surface area contributed by atoms with E-state index in [0.29, 0.717) is 36.7 Å². The molecule has 0 aliphatic carbocycles. The molecule has 2 N–H and O–H groups in total. The molecule has 0 bridgehead atoms. The third-order valence-electron chi connectivity index (χ3n) is 3.86. The monoisotopic (exact) mass is 329 g/mol.